The van der Waals surface area contributed by atoms with Gasteiger partial charge in [0.05, 0.1) is 18.0 Å². The highest BCUT2D eigenvalue weighted by atomic mass is 79.9. The molecule has 0 unspecified atom stereocenters. The zero-order valence-electron chi connectivity index (χ0n) is 20.1. The Morgan fingerprint density at radius 1 is 1.05 bits per heavy atom. The SMILES string of the molecule is CO[C@@H](/C=C/C(=O)Nc1ccccc1N)[C@@H](OC(=O)Nc1ccc(Br)cc1)c1cccc(OCCO)c1. The van der Waals surface area contributed by atoms with Crippen molar-refractivity contribution in [3.63, 3.8) is 0 Å². The molecule has 0 spiro atoms. The largest absolute Gasteiger partial charge is 0.491 e. The Bertz CT molecular complexity index is 1220. The molecule has 3 aromatic carbocycles. The number of benzene rings is 3. The van der Waals surface area contributed by atoms with Crippen LogP contribution < -0.4 is 21.1 Å². The molecule has 2 atom stereocenters. The summed E-state index contributed by atoms with van der Waals surface area (Å²) >= 11 is 3.35. The fourth-order valence-corrected chi connectivity index (χ4v) is 3.60. The number of halogens is 1. The summed E-state index contributed by atoms with van der Waals surface area (Å²) in [6, 6.07) is 20.8. The molecular formula is C27H28BrN3O6. The van der Waals surface area contributed by atoms with Crippen LogP contribution in [0.4, 0.5) is 21.9 Å². The van der Waals surface area contributed by atoms with E-state index in [0.717, 1.165) is 4.47 Å². The lowest BCUT2D eigenvalue weighted by Gasteiger charge is -2.25. The first-order valence-corrected chi connectivity index (χ1v) is 12.1. The number of hydrogen-bond acceptors (Lipinski definition) is 7. The molecular weight excluding hydrogens is 542 g/mol. The van der Waals surface area contributed by atoms with E-state index >= 15 is 0 Å². The molecule has 0 aliphatic heterocycles. The summed E-state index contributed by atoms with van der Waals surface area (Å²) in [6.07, 6.45) is 0.292. The third-order valence-electron chi connectivity index (χ3n) is 5.10. The second-order valence-electron chi connectivity index (χ2n) is 7.74. The zero-order chi connectivity index (χ0) is 26.6. The zero-order valence-corrected chi connectivity index (χ0v) is 21.7. The lowest BCUT2D eigenvalue weighted by molar-refractivity contribution is -0.112. The number of para-hydroxylation sites is 2. The van der Waals surface area contributed by atoms with Gasteiger partial charge in [0.25, 0.3) is 0 Å². The number of nitrogen functional groups attached to an aromatic ring is 1. The Kier molecular flexibility index (Phi) is 10.5. The molecule has 3 aromatic rings. The third-order valence-corrected chi connectivity index (χ3v) is 5.63. The average molecular weight is 570 g/mol. The van der Waals surface area contributed by atoms with Crippen LogP contribution in [-0.4, -0.2) is 43.5 Å². The smallest absolute Gasteiger partial charge is 0.412 e. The molecule has 0 aliphatic rings. The van der Waals surface area contributed by atoms with Crippen LogP contribution in [0, 0.1) is 0 Å². The molecule has 9 nitrogen and oxygen atoms in total. The van der Waals surface area contributed by atoms with E-state index in [1.165, 1.54) is 19.3 Å². The van der Waals surface area contributed by atoms with Crippen molar-refractivity contribution in [2.75, 3.05) is 36.7 Å². The monoisotopic (exact) mass is 569 g/mol. The second-order valence-corrected chi connectivity index (χ2v) is 8.65. The first kappa shape index (κ1) is 27.7. The van der Waals surface area contributed by atoms with E-state index in [2.05, 4.69) is 26.6 Å². The molecule has 0 fully saturated rings. The van der Waals surface area contributed by atoms with E-state index in [4.69, 9.17) is 25.1 Å². The Hall–Kier alpha value is -3.86. The van der Waals surface area contributed by atoms with Crippen LogP contribution in [0.3, 0.4) is 0 Å². The van der Waals surface area contributed by atoms with Gasteiger partial charge in [-0.05, 0) is 60.2 Å². The van der Waals surface area contributed by atoms with Gasteiger partial charge in [-0.3, -0.25) is 10.1 Å². The Morgan fingerprint density at radius 2 is 1.81 bits per heavy atom. The van der Waals surface area contributed by atoms with Crippen LogP contribution in [0.25, 0.3) is 0 Å². The number of aliphatic hydroxyl groups is 1. The highest BCUT2D eigenvalue weighted by molar-refractivity contribution is 9.10. The third kappa shape index (κ3) is 8.64. The number of anilines is 3. The standard InChI is InChI=1S/C27H28BrN3O6/c1-35-24(13-14-25(33)31-23-8-3-2-7-22(23)29)26(18-5-4-6-21(17-18)36-16-15-32)37-27(34)30-20-11-9-19(28)10-12-20/h2-14,17,24,26,32H,15-16,29H2,1H3,(H,30,34)(H,31,33)/b14-13+/t24-,26-/m0/s1. The van der Waals surface area contributed by atoms with Crippen molar-refractivity contribution in [3.05, 3.63) is 95.0 Å². The summed E-state index contributed by atoms with van der Waals surface area (Å²) < 4.78 is 17.7. The molecule has 3 rings (SSSR count). The van der Waals surface area contributed by atoms with E-state index in [0.29, 0.717) is 28.4 Å². The van der Waals surface area contributed by atoms with E-state index < -0.39 is 24.2 Å². The molecule has 194 valence electrons. The van der Waals surface area contributed by atoms with Gasteiger partial charge in [-0.15, -0.1) is 0 Å². The number of aliphatic hydroxyl groups excluding tert-OH is 1. The van der Waals surface area contributed by atoms with Crippen LogP contribution in [0.15, 0.2) is 89.4 Å². The predicted molar refractivity (Wildman–Crippen MR) is 145 cm³/mol. The number of nitrogens with two attached hydrogens (primary N) is 1. The van der Waals surface area contributed by atoms with Crippen molar-refractivity contribution >= 4 is 45.0 Å². The van der Waals surface area contributed by atoms with E-state index in [1.807, 2.05) is 0 Å². The number of carbonyl (C=O) groups excluding carboxylic acids is 2. The molecule has 0 aromatic heterocycles. The maximum atomic E-state index is 12.8. The molecule has 0 saturated carbocycles. The van der Waals surface area contributed by atoms with Gasteiger partial charge >= 0.3 is 6.09 Å². The first-order valence-electron chi connectivity index (χ1n) is 11.3. The summed E-state index contributed by atoms with van der Waals surface area (Å²) in [5, 5.41) is 14.5. The highest BCUT2D eigenvalue weighted by Crippen LogP contribution is 2.28. The number of nitrogens with one attached hydrogen (secondary N) is 2. The van der Waals surface area contributed by atoms with Crippen molar-refractivity contribution in [2.24, 2.45) is 0 Å². The summed E-state index contributed by atoms with van der Waals surface area (Å²) in [6.45, 7) is -0.0420. The fraction of sp³-hybridized carbons (Fsp3) is 0.185. The van der Waals surface area contributed by atoms with Gasteiger partial charge in [0, 0.05) is 23.3 Å². The van der Waals surface area contributed by atoms with Crippen LogP contribution in [0.2, 0.25) is 0 Å². The fourth-order valence-electron chi connectivity index (χ4n) is 3.34. The van der Waals surface area contributed by atoms with Crippen molar-refractivity contribution in [2.45, 2.75) is 12.2 Å². The lowest BCUT2D eigenvalue weighted by atomic mass is 10.0. The van der Waals surface area contributed by atoms with Crippen molar-refractivity contribution in [1.82, 2.24) is 0 Å². The molecule has 0 aliphatic carbocycles. The Morgan fingerprint density at radius 3 is 2.51 bits per heavy atom. The Balaban J connectivity index is 1.82. The van der Waals surface area contributed by atoms with Crippen LogP contribution in [0.1, 0.15) is 11.7 Å². The summed E-state index contributed by atoms with van der Waals surface area (Å²) in [4.78, 5) is 25.3. The van der Waals surface area contributed by atoms with Crippen molar-refractivity contribution < 1.29 is 28.9 Å². The molecule has 0 radical (unpaired) electrons. The first-order chi connectivity index (χ1) is 17.9. The number of hydrogen-bond donors (Lipinski definition) is 4. The lowest BCUT2D eigenvalue weighted by Crippen LogP contribution is -2.27. The molecule has 5 N–H and O–H groups in total. The number of methoxy groups -OCH3 is 1. The minimum Gasteiger partial charge on any atom is -0.491 e. The number of ether oxygens (including phenoxy) is 3. The summed E-state index contributed by atoms with van der Waals surface area (Å²) in [5.41, 5.74) is 7.89. The normalized spacial score (nSPS) is 12.5. The number of amides is 2. The number of carbonyl (C=O) groups is 2. The van der Waals surface area contributed by atoms with Crippen LogP contribution in [-0.2, 0) is 14.3 Å². The maximum Gasteiger partial charge on any atom is 0.412 e. The predicted octanol–water partition coefficient (Wildman–Crippen LogP) is 4.90. The van der Waals surface area contributed by atoms with Crippen LogP contribution in [0.5, 0.6) is 5.75 Å². The molecule has 2 amide bonds. The average Bonchev–Trinajstić information content (AvgIpc) is 2.90. The molecule has 0 heterocycles. The quantitative estimate of drug-likeness (QED) is 0.190. The van der Waals surface area contributed by atoms with Gasteiger partial charge in [-0.25, -0.2) is 4.79 Å². The second kappa shape index (κ2) is 14.0. The minimum atomic E-state index is -0.941. The molecule has 0 saturated heterocycles. The van der Waals surface area contributed by atoms with Crippen molar-refractivity contribution in [3.8, 4) is 5.75 Å². The van der Waals surface area contributed by atoms with Gasteiger partial charge < -0.3 is 30.4 Å². The molecule has 37 heavy (non-hydrogen) atoms. The van der Waals surface area contributed by atoms with Gasteiger partial charge in [0.2, 0.25) is 5.91 Å². The summed E-state index contributed by atoms with van der Waals surface area (Å²) in [5.74, 6) is 0.0441. The van der Waals surface area contributed by atoms with Crippen LogP contribution >= 0.6 is 15.9 Å². The van der Waals surface area contributed by atoms with Crippen molar-refractivity contribution in [1.29, 1.82) is 0 Å². The Labute approximate surface area is 223 Å². The van der Waals surface area contributed by atoms with Gasteiger partial charge in [0.1, 0.15) is 18.5 Å². The van der Waals surface area contributed by atoms with Gasteiger partial charge in [0.15, 0.2) is 6.10 Å². The molecule has 10 heteroatoms. The van der Waals surface area contributed by atoms with E-state index in [-0.39, 0.29) is 13.2 Å². The highest BCUT2D eigenvalue weighted by Gasteiger charge is 2.26. The van der Waals surface area contributed by atoms with Gasteiger partial charge in [-0.2, -0.15) is 0 Å². The minimum absolute atomic E-state index is 0.107. The van der Waals surface area contributed by atoms with Gasteiger partial charge in [-0.1, -0.05) is 40.2 Å². The topological polar surface area (TPSA) is 132 Å². The number of rotatable bonds is 11. The summed E-state index contributed by atoms with van der Waals surface area (Å²) in [7, 11) is 1.44. The van der Waals surface area contributed by atoms with E-state index in [1.54, 1.807) is 72.8 Å². The van der Waals surface area contributed by atoms with E-state index in [9.17, 15) is 9.59 Å². The molecule has 0 bridgehead atoms. The maximum absolute atomic E-state index is 12.8.